The monoisotopic (exact) mass is 746 g/mol. The Morgan fingerprint density at radius 3 is 2.35 bits per heavy atom. The second-order valence-corrected chi connectivity index (χ2v) is 16.3. The topological polar surface area (TPSA) is 164 Å². The maximum atomic E-state index is 14.2. The standard InChI is InChI=1S/C38H70N2O12/c1-14-27(32-28(15-2)49-36(43)51-32)48-34(42)25(7)31(50-29-19-37(8,45-13)18-23(5)46-29)24(6)33(38(9,44)17-21(3)20-39-10)52-35-30(41)26(40(11)12)16-22(4)47-35/h21-33,35,39,41,44H,14-20H2,1-13H3/t21-,22-,23+,24+,25-,26+,27-,28-,29?,30-,31+,32-,33-,35?,37+,38-/m1/s1. The number of carbonyl (C=O) groups is 2. The lowest BCUT2D eigenvalue weighted by Gasteiger charge is -2.48. The van der Waals surface area contributed by atoms with E-state index in [1.165, 1.54) is 0 Å². The van der Waals surface area contributed by atoms with E-state index < -0.39 is 84.4 Å². The average Bonchev–Trinajstić information content (AvgIpc) is 3.44. The molecule has 3 N–H and O–H groups in total. The van der Waals surface area contributed by atoms with Gasteiger partial charge in [-0.05, 0) is 93.9 Å². The van der Waals surface area contributed by atoms with E-state index in [1.54, 1.807) is 21.0 Å². The molecule has 0 bridgehead atoms. The van der Waals surface area contributed by atoms with Crippen LogP contribution in [0.4, 0.5) is 4.79 Å². The molecule has 3 aliphatic rings. The average molecular weight is 747 g/mol. The van der Waals surface area contributed by atoms with Crippen LogP contribution in [0, 0.1) is 17.8 Å². The number of likely N-dealkylation sites (N-methyl/N-ethyl adjacent to an activating group) is 1. The summed E-state index contributed by atoms with van der Waals surface area (Å²) in [4.78, 5) is 28.2. The van der Waals surface area contributed by atoms with Gasteiger partial charge in [0.15, 0.2) is 18.7 Å². The number of aliphatic hydroxyl groups is 2. The fourth-order valence-electron chi connectivity index (χ4n) is 8.38. The van der Waals surface area contributed by atoms with E-state index in [2.05, 4.69) is 5.32 Å². The lowest BCUT2D eigenvalue weighted by atomic mass is 9.77. The molecule has 3 heterocycles. The van der Waals surface area contributed by atoms with Gasteiger partial charge in [0, 0.05) is 31.9 Å². The van der Waals surface area contributed by atoms with Gasteiger partial charge >= 0.3 is 12.1 Å². The van der Waals surface area contributed by atoms with Gasteiger partial charge in [-0.15, -0.1) is 0 Å². The third-order valence-corrected chi connectivity index (χ3v) is 11.1. The summed E-state index contributed by atoms with van der Waals surface area (Å²) in [5.74, 6) is -2.10. The fraction of sp³-hybridized carbons (Fsp3) is 0.947. The highest BCUT2D eigenvalue weighted by atomic mass is 16.8. The number of cyclic esters (lactones) is 2. The first-order chi connectivity index (χ1) is 24.3. The molecule has 3 rings (SSSR count). The highest BCUT2D eigenvalue weighted by Crippen LogP contribution is 2.39. The molecule has 0 radical (unpaired) electrons. The zero-order chi connectivity index (χ0) is 39.1. The quantitative estimate of drug-likeness (QED) is 0.163. The Balaban J connectivity index is 2.04. The summed E-state index contributed by atoms with van der Waals surface area (Å²) in [5.41, 5.74) is -1.99. The predicted molar refractivity (Wildman–Crippen MR) is 193 cm³/mol. The number of nitrogens with one attached hydrogen (secondary N) is 1. The largest absolute Gasteiger partial charge is 0.509 e. The van der Waals surface area contributed by atoms with Crippen molar-refractivity contribution >= 4 is 12.1 Å². The van der Waals surface area contributed by atoms with Gasteiger partial charge in [-0.3, -0.25) is 4.79 Å². The number of hydrogen-bond donors (Lipinski definition) is 3. The van der Waals surface area contributed by atoms with E-state index in [9.17, 15) is 19.8 Å². The molecule has 304 valence electrons. The number of methoxy groups -OCH3 is 1. The Bertz CT molecular complexity index is 1130. The number of ether oxygens (including phenoxy) is 8. The van der Waals surface area contributed by atoms with E-state index >= 15 is 0 Å². The van der Waals surface area contributed by atoms with Gasteiger partial charge in [-0.25, -0.2) is 4.79 Å². The first-order valence-electron chi connectivity index (χ1n) is 19.3. The number of aliphatic hydroxyl groups excluding tert-OH is 1. The Labute approximate surface area is 311 Å². The smallest absolute Gasteiger partial charge is 0.458 e. The van der Waals surface area contributed by atoms with Crippen LogP contribution in [0.5, 0.6) is 0 Å². The normalized spacial score (nSPS) is 35.8. The zero-order valence-electron chi connectivity index (χ0n) is 34.0. The van der Waals surface area contributed by atoms with Gasteiger partial charge in [-0.1, -0.05) is 27.7 Å². The second-order valence-electron chi connectivity index (χ2n) is 16.3. The first-order valence-corrected chi connectivity index (χ1v) is 19.3. The summed E-state index contributed by atoms with van der Waals surface area (Å²) in [6.45, 7) is 17.6. The summed E-state index contributed by atoms with van der Waals surface area (Å²) in [5, 5.41) is 27.1. The predicted octanol–water partition coefficient (Wildman–Crippen LogP) is 4.02. The van der Waals surface area contributed by atoms with Crippen LogP contribution in [0.3, 0.4) is 0 Å². The van der Waals surface area contributed by atoms with Crippen LogP contribution in [0.25, 0.3) is 0 Å². The van der Waals surface area contributed by atoms with Crippen molar-refractivity contribution in [3.63, 3.8) is 0 Å². The van der Waals surface area contributed by atoms with Gasteiger partial charge in [0.25, 0.3) is 0 Å². The molecule has 14 nitrogen and oxygen atoms in total. The molecule has 0 aromatic rings. The van der Waals surface area contributed by atoms with Crippen molar-refractivity contribution in [2.75, 3.05) is 34.8 Å². The fourth-order valence-corrected chi connectivity index (χ4v) is 8.38. The van der Waals surface area contributed by atoms with Crippen LogP contribution < -0.4 is 5.32 Å². The van der Waals surface area contributed by atoms with Crippen molar-refractivity contribution in [3.8, 4) is 0 Å². The molecular weight excluding hydrogens is 676 g/mol. The minimum absolute atomic E-state index is 0.0452. The van der Waals surface area contributed by atoms with Crippen LogP contribution in [0.15, 0.2) is 0 Å². The molecule has 0 amide bonds. The van der Waals surface area contributed by atoms with Crippen molar-refractivity contribution in [2.24, 2.45) is 17.8 Å². The number of nitrogens with zero attached hydrogens (tertiary/aromatic N) is 1. The van der Waals surface area contributed by atoms with E-state index in [-0.39, 0.29) is 24.2 Å². The van der Waals surface area contributed by atoms with Crippen LogP contribution in [0.1, 0.15) is 101 Å². The molecule has 16 atom stereocenters. The van der Waals surface area contributed by atoms with E-state index in [0.717, 1.165) is 0 Å². The van der Waals surface area contributed by atoms with Gasteiger partial charge in [0.1, 0.15) is 18.3 Å². The highest BCUT2D eigenvalue weighted by Gasteiger charge is 2.50. The van der Waals surface area contributed by atoms with E-state index in [0.29, 0.717) is 45.1 Å². The summed E-state index contributed by atoms with van der Waals surface area (Å²) >= 11 is 0. The number of esters is 1. The highest BCUT2D eigenvalue weighted by molar-refractivity contribution is 5.73. The van der Waals surface area contributed by atoms with Crippen LogP contribution in [0.2, 0.25) is 0 Å². The third-order valence-electron chi connectivity index (χ3n) is 11.1. The molecule has 2 unspecified atom stereocenters. The van der Waals surface area contributed by atoms with Gasteiger partial charge in [0.2, 0.25) is 0 Å². The van der Waals surface area contributed by atoms with Gasteiger partial charge in [0.05, 0.1) is 41.5 Å². The summed E-state index contributed by atoms with van der Waals surface area (Å²) in [7, 11) is 7.32. The summed E-state index contributed by atoms with van der Waals surface area (Å²) in [6, 6.07) is -0.241. The van der Waals surface area contributed by atoms with Crippen molar-refractivity contribution in [3.05, 3.63) is 0 Å². The Hall–Kier alpha value is -1.62. The molecule has 0 aromatic carbocycles. The third kappa shape index (κ3) is 11.5. The number of hydrogen-bond acceptors (Lipinski definition) is 14. The van der Waals surface area contributed by atoms with Crippen molar-refractivity contribution < 1.29 is 57.7 Å². The number of carbonyl (C=O) groups excluding carboxylic acids is 2. The molecule has 0 saturated carbocycles. The maximum Gasteiger partial charge on any atom is 0.509 e. The lowest BCUT2D eigenvalue weighted by Crippen LogP contribution is -2.59. The molecule has 3 fully saturated rings. The molecule has 3 aliphatic heterocycles. The van der Waals surface area contributed by atoms with Crippen molar-refractivity contribution in [1.29, 1.82) is 0 Å². The van der Waals surface area contributed by atoms with E-state index in [1.807, 2.05) is 74.5 Å². The first kappa shape index (κ1) is 44.8. The van der Waals surface area contributed by atoms with Crippen molar-refractivity contribution in [1.82, 2.24) is 10.2 Å². The Kier molecular flexibility index (Phi) is 16.6. The molecular formula is C38H70N2O12. The summed E-state index contributed by atoms with van der Waals surface area (Å²) in [6.07, 6.45) is -5.07. The second kappa shape index (κ2) is 19.3. The maximum absolute atomic E-state index is 14.2. The van der Waals surface area contributed by atoms with Gasteiger partial charge in [-0.2, -0.15) is 0 Å². The van der Waals surface area contributed by atoms with Gasteiger partial charge < -0.3 is 58.3 Å². The SMILES string of the molecule is CC[C@H]1OC(=O)O[C@@H]1[C@@H](CC)OC(=O)[C@H](C)[C@@H](OC1C[C@@](C)(OC)C[C@H](C)O1)[C@H](C)[C@@H](OC1O[C@H](C)C[C@H](N(C)C)[C@H]1O)[C@](C)(O)C[C@@H](C)CNC. The molecule has 14 heteroatoms. The minimum Gasteiger partial charge on any atom is -0.458 e. The van der Waals surface area contributed by atoms with Crippen LogP contribution in [-0.4, -0.2) is 141 Å². The number of rotatable bonds is 19. The molecule has 52 heavy (non-hydrogen) atoms. The van der Waals surface area contributed by atoms with E-state index in [4.69, 9.17) is 37.9 Å². The molecule has 0 aliphatic carbocycles. The van der Waals surface area contributed by atoms with Crippen LogP contribution in [-0.2, 0) is 42.7 Å². The Morgan fingerprint density at radius 2 is 1.77 bits per heavy atom. The molecule has 0 spiro atoms. The minimum atomic E-state index is -1.46. The Morgan fingerprint density at radius 1 is 1.10 bits per heavy atom. The van der Waals surface area contributed by atoms with Crippen LogP contribution >= 0.6 is 0 Å². The summed E-state index contributed by atoms with van der Waals surface area (Å²) < 4.78 is 48.7. The molecule has 3 saturated heterocycles. The van der Waals surface area contributed by atoms with Crippen molar-refractivity contribution in [2.45, 2.75) is 179 Å². The zero-order valence-corrected chi connectivity index (χ0v) is 34.0. The molecule has 0 aromatic heterocycles. The lowest BCUT2D eigenvalue weighted by molar-refractivity contribution is -0.310.